The van der Waals surface area contributed by atoms with Crippen molar-refractivity contribution >= 4 is 0 Å². The molecule has 0 aromatic carbocycles. The molecule has 55 valence electrons. The zero-order chi connectivity index (χ0) is 7.40. The van der Waals surface area contributed by atoms with Gasteiger partial charge in [-0.05, 0) is 25.5 Å². The molecule has 0 fully saturated rings. The Kier molecular flexibility index (Phi) is 2.55. The highest BCUT2D eigenvalue weighted by Crippen LogP contribution is 2.11. The Hall–Kier alpha value is -0.720. The second-order valence-corrected chi connectivity index (χ2v) is 2.68. The predicted molar refractivity (Wildman–Crippen MR) is 42.9 cm³/mol. The summed E-state index contributed by atoms with van der Waals surface area (Å²) in [5, 5.41) is 0. The van der Waals surface area contributed by atoms with Crippen molar-refractivity contribution in [3.8, 4) is 0 Å². The molecule has 0 saturated carbocycles. The van der Waals surface area contributed by atoms with E-state index < -0.39 is 0 Å². The molecule has 0 aliphatic carbocycles. The van der Waals surface area contributed by atoms with Gasteiger partial charge in [-0.2, -0.15) is 0 Å². The Labute approximate surface area is 62.7 Å². The Morgan fingerprint density at radius 2 is 2.40 bits per heavy atom. The molecule has 0 spiro atoms. The van der Waals surface area contributed by atoms with Crippen LogP contribution in [0.5, 0.6) is 0 Å². The lowest BCUT2D eigenvalue weighted by molar-refractivity contribution is 0.500. The van der Waals surface area contributed by atoms with Crippen molar-refractivity contribution in [3.05, 3.63) is 24.5 Å². The maximum atomic E-state index is 3.14. The first-order valence-corrected chi connectivity index (χ1v) is 3.89. The molecule has 1 aromatic heterocycles. The Balaban J connectivity index is 2.50. The minimum absolute atomic E-state index is 0.611. The number of hydrogen-bond donors (Lipinski definition) is 0. The zero-order valence-electron chi connectivity index (χ0n) is 6.67. The van der Waals surface area contributed by atoms with Crippen molar-refractivity contribution in [1.29, 1.82) is 0 Å². The second kappa shape index (κ2) is 3.45. The lowest BCUT2D eigenvalue weighted by atomic mass is 10.2. The van der Waals surface area contributed by atoms with Gasteiger partial charge in [0.05, 0.1) is 6.20 Å². The first-order valence-electron chi connectivity index (χ1n) is 3.89. The smallest absolute Gasteiger partial charge is 0.0650 e. The van der Waals surface area contributed by atoms with Crippen LogP contribution in [0.4, 0.5) is 0 Å². The van der Waals surface area contributed by atoms with Gasteiger partial charge in [0.25, 0.3) is 0 Å². The minimum Gasteiger partial charge on any atom is -0.344 e. The molecule has 1 unspecified atom stereocenters. The Morgan fingerprint density at radius 3 is 2.90 bits per heavy atom. The Morgan fingerprint density at radius 1 is 1.60 bits per heavy atom. The van der Waals surface area contributed by atoms with Crippen LogP contribution in [0.2, 0.25) is 0 Å². The molecule has 1 aromatic rings. The molecule has 1 nitrogen and oxygen atoms in total. The van der Waals surface area contributed by atoms with Gasteiger partial charge in [-0.25, -0.2) is 0 Å². The van der Waals surface area contributed by atoms with E-state index >= 15 is 0 Å². The molecule has 0 aliphatic rings. The molecule has 1 radical (unpaired) electrons. The van der Waals surface area contributed by atoms with Gasteiger partial charge >= 0.3 is 0 Å². The van der Waals surface area contributed by atoms with Crippen LogP contribution in [0.25, 0.3) is 0 Å². The second-order valence-electron chi connectivity index (χ2n) is 2.68. The van der Waals surface area contributed by atoms with Crippen LogP contribution >= 0.6 is 0 Å². The van der Waals surface area contributed by atoms with E-state index in [-0.39, 0.29) is 0 Å². The van der Waals surface area contributed by atoms with Gasteiger partial charge < -0.3 is 4.57 Å². The lowest BCUT2D eigenvalue weighted by Crippen LogP contribution is -2.01. The van der Waals surface area contributed by atoms with Crippen molar-refractivity contribution in [3.63, 3.8) is 0 Å². The van der Waals surface area contributed by atoms with Crippen molar-refractivity contribution < 1.29 is 0 Å². The van der Waals surface area contributed by atoms with Gasteiger partial charge in [-0.15, -0.1) is 0 Å². The third-order valence-electron chi connectivity index (χ3n) is 1.75. The fraction of sp³-hybridized carbons (Fsp3) is 0.556. The van der Waals surface area contributed by atoms with E-state index in [9.17, 15) is 0 Å². The molecule has 1 rings (SSSR count). The summed E-state index contributed by atoms with van der Waals surface area (Å²) in [6.45, 7) is 4.43. The van der Waals surface area contributed by atoms with Crippen LogP contribution in [0.1, 0.15) is 32.7 Å². The molecule has 10 heavy (non-hydrogen) atoms. The van der Waals surface area contributed by atoms with Gasteiger partial charge in [-0.1, -0.05) is 13.3 Å². The maximum Gasteiger partial charge on any atom is 0.0650 e. The summed E-state index contributed by atoms with van der Waals surface area (Å²) in [7, 11) is 0. The average Bonchev–Trinajstić information content (AvgIpc) is 2.38. The molecular weight excluding hydrogens is 122 g/mol. The minimum atomic E-state index is 0.611. The van der Waals surface area contributed by atoms with E-state index in [2.05, 4.69) is 30.8 Å². The molecule has 0 saturated heterocycles. The van der Waals surface area contributed by atoms with E-state index in [0.29, 0.717) is 6.04 Å². The van der Waals surface area contributed by atoms with Crippen LogP contribution in [0.15, 0.2) is 18.3 Å². The summed E-state index contributed by atoms with van der Waals surface area (Å²) >= 11 is 0. The van der Waals surface area contributed by atoms with Gasteiger partial charge in [-0.3, -0.25) is 0 Å². The van der Waals surface area contributed by atoms with Crippen LogP contribution in [0.3, 0.4) is 0 Å². The van der Waals surface area contributed by atoms with Crippen molar-refractivity contribution in [2.24, 2.45) is 0 Å². The van der Waals surface area contributed by atoms with Crippen LogP contribution < -0.4 is 0 Å². The Bertz CT molecular complexity index is 165. The van der Waals surface area contributed by atoms with Crippen molar-refractivity contribution in [2.75, 3.05) is 0 Å². The summed E-state index contributed by atoms with van der Waals surface area (Å²) in [6, 6.07) is 4.58. The molecule has 0 bridgehead atoms. The summed E-state index contributed by atoms with van der Waals surface area (Å²) in [5.41, 5.74) is 0. The summed E-state index contributed by atoms with van der Waals surface area (Å²) < 4.78 is 2.13. The first-order chi connectivity index (χ1) is 4.84. The highest BCUT2D eigenvalue weighted by molar-refractivity contribution is 4.90. The molecule has 1 atom stereocenters. The fourth-order valence-electron chi connectivity index (χ4n) is 1.14. The summed E-state index contributed by atoms with van der Waals surface area (Å²) in [4.78, 5) is 0. The molecule has 1 heteroatoms. The van der Waals surface area contributed by atoms with Crippen LogP contribution in [-0.2, 0) is 0 Å². The van der Waals surface area contributed by atoms with Crippen molar-refractivity contribution in [1.82, 2.24) is 4.57 Å². The topological polar surface area (TPSA) is 4.93 Å². The van der Waals surface area contributed by atoms with E-state index in [1.807, 2.05) is 12.1 Å². The lowest BCUT2D eigenvalue weighted by Gasteiger charge is -2.10. The number of hydrogen-bond acceptors (Lipinski definition) is 0. The number of aromatic nitrogens is 1. The van der Waals surface area contributed by atoms with Gasteiger partial charge in [0, 0.05) is 12.2 Å². The van der Waals surface area contributed by atoms with E-state index in [1.54, 1.807) is 0 Å². The highest BCUT2D eigenvalue weighted by atomic mass is 15.0. The third-order valence-corrected chi connectivity index (χ3v) is 1.75. The largest absolute Gasteiger partial charge is 0.344 e. The fourth-order valence-corrected chi connectivity index (χ4v) is 1.14. The molecular formula is C9H14N. The van der Waals surface area contributed by atoms with Crippen molar-refractivity contribution in [2.45, 2.75) is 32.7 Å². The summed E-state index contributed by atoms with van der Waals surface area (Å²) in [5.74, 6) is 0. The SMILES string of the molecule is CCCC(C)n1[c]ccc1. The summed E-state index contributed by atoms with van der Waals surface area (Å²) in [6.07, 6.45) is 7.69. The van der Waals surface area contributed by atoms with E-state index in [4.69, 9.17) is 0 Å². The molecule has 0 N–H and O–H groups in total. The van der Waals surface area contributed by atoms with E-state index in [1.165, 1.54) is 12.8 Å². The maximum absolute atomic E-state index is 3.14. The highest BCUT2D eigenvalue weighted by Gasteiger charge is 1.99. The van der Waals surface area contributed by atoms with Gasteiger partial charge in [0.2, 0.25) is 0 Å². The normalized spacial score (nSPS) is 13.4. The average molecular weight is 136 g/mol. The predicted octanol–water partition coefficient (Wildman–Crippen LogP) is 2.65. The number of rotatable bonds is 3. The molecule has 0 aliphatic heterocycles. The van der Waals surface area contributed by atoms with Gasteiger partial charge in [0.1, 0.15) is 0 Å². The monoisotopic (exact) mass is 136 g/mol. The molecule has 1 heterocycles. The standard InChI is InChI=1S/C9H14N/c1-3-6-9(2)10-7-4-5-8-10/h4-5,7,9H,3,6H2,1-2H3. The van der Waals surface area contributed by atoms with Crippen LogP contribution in [0, 0.1) is 6.20 Å². The third kappa shape index (κ3) is 1.63. The quantitative estimate of drug-likeness (QED) is 0.602. The zero-order valence-corrected chi connectivity index (χ0v) is 6.67. The molecule has 0 amide bonds. The first kappa shape index (κ1) is 7.39. The van der Waals surface area contributed by atoms with Gasteiger partial charge in [0.15, 0.2) is 0 Å². The van der Waals surface area contributed by atoms with Crippen LogP contribution in [-0.4, -0.2) is 4.57 Å². The number of nitrogens with zero attached hydrogens (tertiary/aromatic N) is 1. The van der Waals surface area contributed by atoms with E-state index in [0.717, 1.165) is 0 Å².